The average Bonchev–Trinajstić information content (AvgIpc) is 3.38. The molecule has 0 aliphatic carbocycles. The van der Waals surface area contributed by atoms with E-state index in [0.717, 1.165) is 31.6 Å². The molecular formula is C24H35ClN8O. The van der Waals surface area contributed by atoms with Crippen molar-refractivity contribution in [2.75, 3.05) is 49.2 Å². The first-order valence-corrected chi connectivity index (χ1v) is 12.8. The number of hydrogen-bond acceptors (Lipinski definition) is 9. The zero-order valence-corrected chi connectivity index (χ0v) is 20.7. The molecule has 34 heavy (non-hydrogen) atoms. The van der Waals surface area contributed by atoms with Gasteiger partial charge in [-0.25, -0.2) is 0 Å². The monoisotopic (exact) mass is 486 g/mol. The summed E-state index contributed by atoms with van der Waals surface area (Å²) in [6.45, 7) is 6.70. The Balaban J connectivity index is 1.39. The van der Waals surface area contributed by atoms with Crippen LogP contribution in [0, 0.1) is 5.92 Å². The third kappa shape index (κ3) is 5.31. The number of nitrogens with one attached hydrogen (secondary N) is 4. The van der Waals surface area contributed by atoms with Gasteiger partial charge in [-0.05, 0) is 75.9 Å². The number of halogens is 1. The molecule has 3 atom stereocenters. The third-order valence-corrected chi connectivity index (χ3v) is 7.65. The van der Waals surface area contributed by atoms with Gasteiger partial charge in [0.1, 0.15) is 5.75 Å². The minimum absolute atomic E-state index is 0.262. The largest absolute Gasteiger partial charge is 0.495 e. The molecule has 1 aromatic carbocycles. The van der Waals surface area contributed by atoms with E-state index in [9.17, 15) is 0 Å². The molecule has 184 valence electrons. The molecular weight excluding hydrogens is 452 g/mol. The van der Waals surface area contributed by atoms with Gasteiger partial charge >= 0.3 is 0 Å². The van der Waals surface area contributed by atoms with Crippen molar-refractivity contribution in [2.45, 2.75) is 57.2 Å². The van der Waals surface area contributed by atoms with Crippen LogP contribution in [0.5, 0.6) is 5.75 Å². The number of piperidine rings is 3. The Hall–Kier alpha value is -2.36. The smallest absolute Gasteiger partial charge is 0.233 e. The zero-order valence-electron chi connectivity index (χ0n) is 20.0. The lowest BCUT2D eigenvalue weighted by Crippen LogP contribution is -2.53. The maximum absolute atomic E-state index is 6.33. The Kier molecular flexibility index (Phi) is 7.22. The number of rotatable bonds is 9. The lowest BCUT2D eigenvalue weighted by Gasteiger charge is -2.44. The van der Waals surface area contributed by atoms with Gasteiger partial charge in [0.2, 0.25) is 17.8 Å². The Morgan fingerprint density at radius 3 is 2.59 bits per heavy atom. The van der Waals surface area contributed by atoms with Crippen molar-refractivity contribution in [3.8, 4) is 5.75 Å². The van der Waals surface area contributed by atoms with E-state index < -0.39 is 0 Å². The van der Waals surface area contributed by atoms with Crippen molar-refractivity contribution in [3.05, 3.63) is 23.2 Å². The quantitative estimate of drug-likeness (QED) is 0.422. The molecule has 0 spiro atoms. The molecule has 4 aliphatic heterocycles. The second kappa shape index (κ2) is 10.5. The lowest BCUT2D eigenvalue weighted by atomic mass is 9.84. The van der Waals surface area contributed by atoms with Gasteiger partial charge in [-0.3, -0.25) is 0 Å². The molecule has 4 fully saturated rings. The van der Waals surface area contributed by atoms with E-state index in [-0.39, 0.29) is 6.04 Å². The van der Waals surface area contributed by atoms with Gasteiger partial charge in [-0.2, -0.15) is 15.0 Å². The minimum atomic E-state index is 0.262. The van der Waals surface area contributed by atoms with Crippen molar-refractivity contribution in [1.29, 1.82) is 0 Å². The summed E-state index contributed by atoms with van der Waals surface area (Å²) >= 11 is 6.33. The van der Waals surface area contributed by atoms with Gasteiger partial charge in [-0.1, -0.05) is 18.5 Å². The predicted octanol–water partition coefficient (Wildman–Crippen LogP) is 3.73. The van der Waals surface area contributed by atoms with Crippen LogP contribution in [-0.2, 0) is 0 Å². The van der Waals surface area contributed by atoms with Crippen LogP contribution in [-0.4, -0.2) is 71.3 Å². The van der Waals surface area contributed by atoms with Crippen LogP contribution in [0.4, 0.5) is 23.5 Å². The molecule has 2 bridgehead atoms. The number of benzene rings is 1. The van der Waals surface area contributed by atoms with E-state index in [0.29, 0.717) is 46.6 Å². The van der Waals surface area contributed by atoms with Crippen LogP contribution < -0.4 is 26.0 Å². The Bertz CT molecular complexity index is 953. The van der Waals surface area contributed by atoms with Crippen molar-refractivity contribution < 1.29 is 4.74 Å². The molecule has 4 aliphatic rings. The highest BCUT2D eigenvalue weighted by atomic mass is 35.5. The minimum Gasteiger partial charge on any atom is -0.495 e. The van der Waals surface area contributed by atoms with Crippen molar-refractivity contribution in [1.82, 2.24) is 25.2 Å². The number of fused-ring (bicyclic) bond motifs is 3. The number of nitrogens with zero attached hydrogens (tertiary/aromatic N) is 4. The highest BCUT2D eigenvalue weighted by Crippen LogP contribution is 2.31. The SMILES string of the molecule is CCC(Nc1nc(Nc2ccc(OC)c(Cl)c2)nc(NC2CN3CCC2CC3)n1)C1CCCN1. The highest BCUT2D eigenvalue weighted by Gasteiger charge is 2.34. The van der Waals surface area contributed by atoms with Crippen molar-refractivity contribution >= 4 is 35.1 Å². The molecule has 9 nitrogen and oxygen atoms in total. The molecule has 2 aromatic rings. The number of aromatic nitrogens is 3. The van der Waals surface area contributed by atoms with E-state index in [1.54, 1.807) is 7.11 Å². The van der Waals surface area contributed by atoms with Crippen LogP contribution >= 0.6 is 11.6 Å². The summed E-state index contributed by atoms with van der Waals surface area (Å²) < 4.78 is 5.27. The van der Waals surface area contributed by atoms with Crippen LogP contribution in [0.2, 0.25) is 5.02 Å². The fourth-order valence-corrected chi connectivity index (χ4v) is 5.69. The summed E-state index contributed by atoms with van der Waals surface area (Å²) in [6.07, 6.45) is 5.82. The summed E-state index contributed by atoms with van der Waals surface area (Å²) in [6, 6.07) is 6.60. The molecule has 0 amide bonds. The van der Waals surface area contributed by atoms with E-state index >= 15 is 0 Å². The molecule has 0 saturated carbocycles. The van der Waals surface area contributed by atoms with E-state index in [1.165, 1.54) is 32.4 Å². The molecule has 3 unspecified atom stereocenters. The van der Waals surface area contributed by atoms with Gasteiger partial charge in [0.05, 0.1) is 12.1 Å². The molecule has 0 radical (unpaired) electrons. The number of methoxy groups -OCH3 is 1. The first-order valence-electron chi connectivity index (χ1n) is 12.5. The predicted molar refractivity (Wildman–Crippen MR) is 136 cm³/mol. The number of anilines is 4. The first kappa shape index (κ1) is 23.4. The lowest BCUT2D eigenvalue weighted by molar-refractivity contribution is 0.0972. The second-order valence-electron chi connectivity index (χ2n) is 9.53. The normalized spacial score (nSPS) is 26.8. The van der Waals surface area contributed by atoms with Gasteiger partial charge < -0.3 is 30.9 Å². The Morgan fingerprint density at radius 1 is 1.15 bits per heavy atom. The van der Waals surface area contributed by atoms with E-state index in [4.69, 9.17) is 31.3 Å². The summed E-state index contributed by atoms with van der Waals surface area (Å²) in [7, 11) is 1.61. The van der Waals surface area contributed by atoms with Crippen LogP contribution in [0.25, 0.3) is 0 Å². The second-order valence-corrected chi connectivity index (χ2v) is 9.94. The molecule has 6 rings (SSSR count). The highest BCUT2D eigenvalue weighted by molar-refractivity contribution is 6.32. The summed E-state index contributed by atoms with van der Waals surface area (Å²) in [5, 5.41) is 14.6. The first-order chi connectivity index (χ1) is 16.6. The summed E-state index contributed by atoms with van der Waals surface area (Å²) in [5.41, 5.74) is 0.793. The fraction of sp³-hybridized carbons (Fsp3) is 0.625. The topological polar surface area (TPSA) is 99.3 Å². The number of hydrogen-bond donors (Lipinski definition) is 4. The standard InChI is InChI=1S/C24H35ClN8O/c1-3-18(19-5-4-10-26-19)28-23-30-22(27-16-6-7-21(34-2)17(25)13-16)31-24(32-23)29-20-14-33-11-8-15(20)9-12-33/h6-7,13,15,18-20,26H,3-5,8-12,14H2,1-2H3,(H3,27,28,29,30,31,32). The third-order valence-electron chi connectivity index (χ3n) is 7.35. The van der Waals surface area contributed by atoms with Crippen LogP contribution in [0.1, 0.15) is 39.0 Å². The maximum Gasteiger partial charge on any atom is 0.233 e. The summed E-state index contributed by atoms with van der Waals surface area (Å²) in [4.78, 5) is 16.7. The molecule has 4 saturated heterocycles. The Labute approximate surface area is 206 Å². The molecule has 1 aromatic heterocycles. The maximum atomic E-state index is 6.33. The van der Waals surface area contributed by atoms with Gasteiger partial charge in [0.15, 0.2) is 0 Å². The van der Waals surface area contributed by atoms with Crippen molar-refractivity contribution in [2.24, 2.45) is 5.92 Å². The molecule has 5 heterocycles. The summed E-state index contributed by atoms with van der Waals surface area (Å²) in [5.74, 6) is 2.97. The van der Waals surface area contributed by atoms with Gasteiger partial charge in [0, 0.05) is 30.4 Å². The fourth-order valence-electron chi connectivity index (χ4n) is 5.44. The zero-order chi connectivity index (χ0) is 23.5. The molecule has 4 N–H and O–H groups in total. The average molecular weight is 487 g/mol. The van der Waals surface area contributed by atoms with E-state index in [2.05, 4.69) is 33.1 Å². The van der Waals surface area contributed by atoms with Crippen molar-refractivity contribution in [3.63, 3.8) is 0 Å². The van der Waals surface area contributed by atoms with Crippen LogP contribution in [0.15, 0.2) is 18.2 Å². The van der Waals surface area contributed by atoms with E-state index in [1.807, 2.05) is 18.2 Å². The van der Waals surface area contributed by atoms with Gasteiger partial charge in [0.25, 0.3) is 0 Å². The van der Waals surface area contributed by atoms with Crippen LogP contribution in [0.3, 0.4) is 0 Å². The molecule has 10 heteroatoms. The Morgan fingerprint density at radius 2 is 1.94 bits per heavy atom. The number of ether oxygens (including phenoxy) is 1. The van der Waals surface area contributed by atoms with Gasteiger partial charge in [-0.15, -0.1) is 0 Å².